The van der Waals surface area contributed by atoms with Crippen LogP contribution in [0.25, 0.3) is 0 Å². The van der Waals surface area contributed by atoms with E-state index in [2.05, 4.69) is 5.32 Å². The van der Waals surface area contributed by atoms with Gasteiger partial charge in [0.25, 0.3) is 0 Å². The topological polar surface area (TPSA) is 21.3 Å². The molecule has 1 heterocycles. The van der Waals surface area contributed by atoms with Crippen molar-refractivity contribution in [2.45, 2.75) is 76.4 Å². The molecule has 2 rings (SSSR count). The highest BCUT2D eigenvalue weighted by atomic mass is 16.5. The minimum absolute atomic E-state index is 0.548. The normalized spacial score (nSPS) is 28.9. The molecule has 2 aliphatic rings. The summed E-state index contributed by atoms with van der Waals surface area (Å²) in [6.07, 6.45) is 14.2. The van der Waals surface area contributed by atoms with Crippen molar-refractivity contribution in [3.05, 3.63) is 0 Å². The molecule has 0 amide bonds. The van der Waals surface area contributed by atoms with Crippen LogP contribution in [0.4, 0.5) is 0 Å². The highest BCUT2D eigenvalue weighted by Crippen LogP contribution is 2.18. The van der Waals surface area contributed by atoms with Crippen LogP contribution in [0.1, 0.15) is 64.2 Å². The van der Waals surface area contributed by atoms with Crippen molar-refractivity contribution in [3.63, 3.8) is 0 Å². The summed E-state index contributed by atoms with van der Waals surface area (Å²) in [6, 6.07) is 0.797. The standard InChI is InChI=1S/C14H27NO/c1-2-4-8-13(7-3-1)15-11-10-14-9-5-6-12-16-14/h13-15H,1-12H2. The van der Waals surface area contributed by atoms with Gasteiger partial charge in [-0.2, -0.15) is 0 Å². The second-order valence-corrected chi connectivity index (χ2v) is 5.42. The number of rotatable bonds is 4. The maximum Gasteiger partial charge on any atom is 0.0587 e. The van der Waals surface area contributed by atoms with Gasteiger partial charge in [0.15, 0.2) is 0 Å². The second-order valence-electron chi connectivity index (χ2n) is 5.42. The summed E-state index contributed by atoms with van der Waals surface area (Å²) < 4.78 is 5.75. The Balaban J connectivity index is 1.55. The van der Waals surface area contributed by atoms with E-state index in [-0.39, 0.29) is 0 Å². The maximum atomic E-state index is 5.75. The quantitative estimate of drug-likeness (QED) is 0.742. The second kappa shape index (κ2) is 7.29. The van der Waals surface area contributed by atoms with Gasteiger partial charge in [0.05, 0.1) is 6.10 Å². The smallest absolute Gasteiger partial charge is 0.0587 e. The predicted molar refractivity (Wildman–Crippen MR) is 67.7 cm³/mol. The highest BCUT2D eigenvalue weighted by Gasteiger charge is 2.15. The summed E-state index contributed by atoms with van der Waals surface area (Å²) >= 11 is 0. The van der Waals surface area contributed by atoms with Gasteiger partial charge >= 0.3 is 0 Å². The van der Waals surface area contributed by atoms with Gasteiger partial charge in [-0.1, -0.05) is 25.7 Å². The molecule has 1 N–H and O–H groups in total. The third kappa shape index (κ3) is 4.42. The predicted octanol–water partition coefficient (Wildman–Crippen LogP) is 3.26. The Hall–Kier alpha value is -0.0800. The zero-order chi connectivity index (χ0) is 11.1. The largest absolute Gasteiger partial charge is 0.378 e. The molecular weight excluding hydrogens is 198 g/mol. The SMILES string of the molecule is C1CCCC(NCCC2CCCCO2)CC1. The number of ether oxygens (including phenoxy) is 1. The zero-order valence-corrected chi connectivity index (χ0v) is 10.5. The first-order chi connectivity index (χ1) is 7.95. The van der Waals surface area contributed by atoms with E-state index in [1.165, 1.54) is 64.2 Å². The number of hydrogen-bond donors (Lipinski definition) is 1. The van der Waals surface area contributed by atoms with Gasteiger partial charge in [-0.25, -0.2) is 0 Å². The molecule has 1 saturated heterocycles. The average molecular weight is 225 g/mol. The molecule has 0 aromatic rings. The van der Waals surface area contributed by atoms with Gasteiger partial charge in [0.1, 0.15) is 0 Å². The third-order valence-corrected chi connectivity index (χ3v) is 4.03. The van der Waals surface area contributed by atoms with Crippen LogP contribution < -0.4 is 5.32 Å². The van der Waals surface area contributed by atoms with Crippen molar-refractivity contribution < 1.29 is 4.74 Å². The Morgan fingerprint density at radius 1 is 0.875 bits per heavy atom. The highest BCUT2D eigenvalue weighted by molar-refractivity contribution is 4.72. The molecule has 1 aliphatic carbocycles. The van der Waals surface area contributed by atoms with Crippen molar-refractivity contribution in [2.24, 2.45) is 0 Å². The van der Waals surface area contributed by atoms with E-state index < -0.39 is 0 Å². The van der Waals surface area contributed by atoms with Crippen LogP contribution in [0.3, 0.4) is 0 Å². The molecule has 16 heavy (non-hydrogen) atoms. The minimum atomic E-state index is 0.548. The van der Waals surface area contributed by atoms with E-state index in [0.29, 0.717) is 6.10 Å². The summed E-state index contributed by atoms with van der Waals surface area (Å²) in [5, 5.41) is 3.73. The van der Waals surface area contributed by atoms with Crippen LogP contribution in [0.15, 0.2) is 0 Å². The number of nitrogens with one attached hydrogen (secondary N) is 1. The third-order valence-electron chi connectivity index (χ3n) is 4.03. The summed E-state index contributed by atoms with van der Waals surface area (Å²) in [5.41, 5.74) is 0. The van der Waals surface area contributed by atoms with Gasteiger partial charge in [-0.3, -0.25) is 0 Å². The summed E-state index contributed by atoms with van der Waals surface area (Å²) in [6.45, 7) is 2.16. The van der Waals surface area contributed by atoms with Crippen LogP contribution in [-0.4, -0.2) is 25.3 Å². The van der Waals surface area contributed by atoms with Crippen molar-refractivity contribution in [2.75, 3.05) is 13.2 Å². The molecule has 1 aliphatic heterocycles. The van der Waals surface area contributed by atoms with E-state index in [1.54, 1.807) is 0 Å². The molecule has 0 aromatic carbocycles. The zero-order valence-electron chi connectivity index (χ0n) is 10.5. The van der Waals surface area contributed by atoms with Gasteiger partial charge in [0, 0.05) is 12.6 Å². The van der Waals surface area contributed by atoms with E-state index in [0.717, 1.165) is 19.2 Å². The molecule has 0 aromatic heterocycles. The lowest BCUT2D eigenvalue weighted by Gasteiger charge is -2.24. The molecule has 2 heteroatoms. The van der Waals surface area contributed by atoms with Crippen molar-refractivity contribution in [1.82, 2.24) is 5.32 Å². The lowest BCUT2D eigenvalue weighted by atomic mass is 10.1. The van der Waals surface area contributed by atoms with Crippen LogP contribution in [-0.2, 0) is 4.74 Å². The summed E-state index contributed by atoms with van der Waals surface area (Å²) in [5.74, 6) is 0. The first-order valence-corrected chi connectivity index (χ1v) is 7.30. The first kappa shape index (κ1) is 12.4. The molecule has 0 spiro atoms. The molecule has 0 bridgehead atoms. The van der Waals surface area contributed by atoms with E-state index >= 15 is 0 Å². The van der Waals surface area contributed by atoms with Crippen LogP contribution >= 0.6 is 0 Å². The van der Waals surface area contributed by atoms with Crippen molar-refractivity contribution in [3.8, 4) is 0 Å². The minimum Gasteiger partial charge on any atom is -0.378 e. The fourth-order valence-electron chi connectivity index (χ4n) is 2.97. The molecule has 1 saturated carbocycles. The monoisotopic (exact) mass is 225 g/mol. The first-order valence-electron chi connectivity index (χ1n) is 7.30. The Kier molecular flexibility index (Phi) is 5.64. The Morgan fingerprint density at radius 2 is 1.62 bits per heavy atom. The molecule has 0 radical (unpaired) electrons. The summed E-state index contributed by atoms with van der Waals surface area (Å²) in [7, 11) is 0. The van der Waals surface area contributed by atoms with Crippen molar-refractivity contribution >= 4 is 0 Å². The Bertz CT molecular complexity index is 170. The van der Waals surface area contributed by atoms with Gasteiger partial charge < -0.3 is 10.1 Å². The Morgan fingerprint density at radius 3 is 2.31 bits per heavy atom. The van der Waals surface area contributed by atoms with Crippen molar-refractivity contribution in [1.29, 1.82) is 0 Å². The molecule has 2 fully saturated rings. The molecular formula is C14H27NO. The van der Waals surface area contributed by atoms with E-state index in [9.17, 15) is 0 Å². The molecule has 1 unspecified atom stereocenters. The average Bonchev–Trinajstić information content (AvgIpc) is 2.59. The van der Waals surface area contributed by atoms with Crippen LogP contribution in [0.2, 0.25) is 0 Å². The van der Waals surface area contributed by atoms with Gasteiger partial charge in [-0.15, -0.1) is 0 Å². The number of hydrogen-bond acceptors (Lipinski definition) is 2. The van der Waals surface area contributed by atoms with E-state index in [4.69, 9.17) is 4.74 Å². The van der Waals surface area contributed by atoms with Crippen LogP contribution in [0, 0.1) is 0 Å². The molecule has 1 atom stereocenters. The lowest BCUT2D eigenvalue weighted by Crippen LogP contribution is -2.32. The maximum absolute atomic E-state index is 5.75. The fourth-order valence-corrected chi connectivity index (χ4v) is 2.97. The summed E-state index contributed by atoms with van der Waals surface area (Å²) in [4.78, 5) is 0. The lowest BCUT2D eigenvalue weighted by molar-refractivity contribution is 0.0111. The van der Waals surface area contributed by atoms with E-state index in [1.807, 2.05) is 0 Å². The molecule has 2 nitrogen and oxygen atoms in total. The fraction of sp³-hybridized carbons (Fsp3) is 1.00. The molecule has 94 valence electrons. The van der Waals surface area contributed by atoms with Gasteiger partial charge in [0.2, 0.25) is 0 Å². The van der Waals surface area contributed by atoms with Gasteiger partial charge in [-0.05, 0) is 45.1 Å². The Labute approximate surface area is 100 Å². The van der Waals surface area contributed by atoms with Crippen LogP contribution in [0.5, 0.6) is 0 Å².